The van der Waals surface area contributed by atoms with Gasteiger partial charge < -0.3 is 26.0 Å². The van der Waals surface area contributed by atoms with Crippen LogP contribution in [0.1, 0.15) is 13.3 Å². The van der Waals surface area contributed by atoms with Crippen LogP contribution in [0.25, 0.3) is 10.8 Å². The molecule has 8 nitrogen and oxygen atoms in total. The molecule has 0 spiro atoms. The summed E-state index contributed by atoms with van der Waals surface area (Å²) in [4.78, 5) is 27.5. The second-order valence-corrected chi connectivity index (χ2v) is 6.52. The van der Waals surface area contributed by atoms with E-state index < -0.39 is 36.2 Å². The average Bonchev–Trinajstić information content (AvgIpc) is 2.65. The molecule has 1 aromatic heterocycles. The SMILES string of the molecule is CC(NC(=O)C1=CC(Oc2ccc3ccncc3c2)C(O)C(O)C1)C(N)=O. The molecule has 0 saturated heterocycles. The molecule has 1 aromatic carbocycles. The van der Waals surface area contributed by atoms with Crippen molar-refractivity contribution in [1.29, 1.82) is 0 Å². The normalized spacial score (nSPS) is 23.4. The summed E-state index contributed by atoms with van der Waals surface area (Å²) in [6.45, 7) is 1.46. The van der Waals surface area contributed by atoms with Gasteiger partial charge in [0.2, 0.25) is 11.8 Å². The third-order valence-electron chi connectivity index (χ3n) is 4.48. The quantitative estimate of drug-likeness (QED) is 0.585. The van der Waals surface area contributed by atoms with Crippen LogP contribution in [-0.2, 0) is 9.59 Å². The molecule has 4 unspecified atom stereocenters. The first-order valence-electron chi connectivity index (χ1n) is 8.52. The fraction of sp³-hybridized carbons (Fsp3) is 0.316. The number of aromatic nitrogens is 1. The van der Waals surface area contributed by atoms with Crippen LogP contribution in [0.15, 0.2) is 48.3 Å². The molecule has 142 valence electrons. The minimum atomic E-state index is -1.19. The van der Waals surface area contributed by atoms with E-state index in [1.807, 2.05) is 12.1 Å². The van der Waals surface area contributed by atoms with Gasteiger partial charge in [0, 0.05) is 29.8 Å². The molecule has 0 saturated carbocycles. The number of primary amides is 1. The van der Waals surface area contributed by atoms with Gasteiger partial charge in [-0.3, -0.25) is 14.6 Å². The van der Waals surface area contributed by atoms with Crippen LogP contribution in [0.5, 0.6) is 5.75 Å². The number of hydrogen-bond acceptors (Lipinski definition) is 6. The maximum Gasteiger partial charge on any atom is 0.247 e. The Balaban J connectivity index is 1.81. The summed E-state index contributed by atoms with van der Waals surface area (Å²) in [5.41, 5.74) is 5.36. The number of carbonyl (C=O) groups excluding carboxylic acids is 2. The zero-order valence-corrected chi connectivity index (χ0v) is 14.7. The van der Waals surface area contributed by atoms with Crippen molar-refractivity contribution >= 4 is 22.6 Å². The predicted octanol–water partition coefficient (Wildman–Crippen LogP) is 0.0241. The Labute approximate surface area is 155 Å². The predicted molar refractivity (Wildman–Crippen MR) is 97.7 cm³/mol. The van der Waals surface area contributed by atoms with Crippen molar-refractivity contribution in [2.45, 2.75) is 37.7 Å². The van der Waals surface area contributed by atoms with Gasteiger partial charge in [0.05, 0.1) is 6.10 Å². The molecule has 1 aliphatic rings. The molecule has 4 atom stereocenters. The van der Waals surface area contributed by atoms with Crippen LogP contribution < -0.4 is 15.8 Å². The van der Waals surface area contributed by atoms with Crippen molar-refractivity contribution < 1.29 is 24.5 Å². The standard InChI is InChI=1S/C19H21N3O5/c1-10(18(20)25)22-19(26)12-7-15(23)17(24)16(8-12)27-14-3-2-11-4-5-21-9-13(11)6-14/h2-6,8-10,15-17,23-24H,7H2,1H3,(H2,20,25)(H,22,26). The van der Waals surface area contributed by atoms with E-state index in [4.69, 9.17) is 10.5 Å². The monoisotopic (exact) mass is 371 g/mol. The van der Waals surface area contributed by atoms with Crippen LogP contribution in [-0.4, -0.2) is 51.4 Å². The minimum Gasteiger partial charge on any atom is -0.483 e. The van der Waals surface area contributed by atoms with Gasteiger partial charge in [-0.1, -0.05) is 6.07 Å². The number of amides is 2. The van der Waals surface area contributed by atoms with Crippen molar-refractivity contribution in [3.63, 3.8) is 0 Å². The summed E-state index contributed by atoms with van der Waals surface area (Å²) in [7, 11) is 0. The van der Waals surface area contributed by atoms with Gasteiger partial charge in [0.25, 0.3) is 0 Å². The molecule has 2 amide bonds. The first kappa shape index (κ1) is 18.8. The molecule has 2 aromatic rings. The number of benzene rings is 1. The number of nitrogens with two attached hydrogens (primary N) is 1. The first-order valence-corrected chi connectivity index (χ1v) is 8.52. The Morgan fingerprint density at radius 3 is 2.81 bits per heavy atom. The minimum absolute atomic E-state index is 0.0556. The zero-order chi connectivity index (χ0) is 19.6. The highest BCUT2D eigenvalue weighted by Gasteiger charge is 2.34. The number of aliphatic hydroxyl groups is 2. The van der Waals surface area contributed by atoms with E-state index in [2.05, 4.69) is 10.3 Å². The largest absolute Gasteiger partial charge is 0.483 e. The zero-order valence-electron chi connectivity index (χ0n) is 14.7. The second-order valence-electron chi connectivity index (χ2n) is 6.52. The molecule has 8 heteroatoms. The van der Waals surface area contributed by atoms with E-state index in [1.165, 1.54) is 13.0 Å². The van der Waals surface area contributed by atoms with Gasteiger partial charge in [-0.05, 0) is 36.6 Å². The lowest BCUT2D eigenvalue weighted by Crippen LogP contribution is -2.47. The topological polar surface area (TPSA) is 135 Å². The summed E-state index contributed by atoms with van der Waals surface area (Å²) < 4.78 is 5.79. The van der Waals surface area contributed by atoms with Gasteiger partial charge in [-0.15, -0.1) is 0 Å². The summed E-state index contributed by atoms with van der Waals surface area (Å²) >= 11 is 0. The number of nitrogens with one attached hydrogen (secondary N) is 1. The highest BCUT2D eigenvalue weighted by molar-refractivity contribution is 5.96. The van der Waals surface area contributed by atoms with Crippen molar-refractivity contribution in [1.82, 2.24) is 10.3 Å². The molecular weight excluding hydrogens is 350 g/mol. The van der Waals surface area contributed by atoms with Crippen molar-refractivity contribution in [2.75, 3.05) is 0 Å². The fourth-order valence-electron chi connectivity index (χ4n) is 2.86. The van der Waals surface area contributed by atoms with E-state index >= 15 is 0 Å². The van der Waals surface area contributed by atoms with Crippen LogP contribution in [0.2, 0.25) is 0 Å². The fourth-order valence-corrected chi connectivity index (χ4v) is 2.86. The number of aliphatic hydroxyl groups excluding tert-OH is 2. The Hall–Kier alpha value is -2.97. The maximum absolute atomic E-state index is 12.3. The third kappa shape index (κ3) is 4.24. The van der Waals surface area contributed by atoms with Gasteiger partial charge in [-0.2, -0.15) is 0 Å². The summed E-state index contributed by atoms with van der Waals surface area (Å²) in [6.07, 6.45) is 1.48. The van der Waals surface area contributed by atoms with E-state index in [0.29, 0.717) is 5.75 Å². The van der Waals surface area contributed by atoms with E-state index in [0.717, 1.165) is 10.8 Å². The number of carbonyl (C=O) groups is 2. The Morgan fingerprint density at radius 1 is 1.30 bits per heavy atom. The van der Waals surface area contributed by atoms with E-state index in [1.54, 1.807) is 24.5 Å². The number of ether oxygens (including phenoxy) is 1. The van der Waals surface area contributed by atoms with Crippen LogP contribution >= 0.6 is 0 Å². The lowest BCUT2D eigenvalue weighted by molar-refractivity contribution is -0.125. The van der Waals surface area contributed by atoms with Gasteiger partial charge in [0.15, 0.2) is 0 Å². The molecule has 0 aliphatic heterocycles. The highest BCUT2D eigenvalue weighted by Crippen LogP contribution is 2.26. The molecule has 1 heterocycles. The molecule has 3 rings (SSSR count). The van der Waals surface area contributed by atoms with Crippen LogP contribution in [0.3, 0.4) is 0 Å². The molecular formula is C19H21N3O5. The van der Waals surface area contributed by atoms with E-state index in [9.17, 15) is 19.8 Å². The highest BCUT2D eigenvalue weighted by atomic mass is 16.5. The maximum atomic E-state index is 12.3. The van der Waals surface area contributed by atoms with Crippen LogP contribution in [0.4, 0.5) is 0 Å². The van der Waals surface area contributed by atoms with Crippen molar-refractivity contribution in [3.05, 3.63) is 48.3 Å². The number of rotatable bonds is 5. The molecule has 0 radical (unpaired) electrons. The third-order valence-corrected chi connectivity index (χ3v) is 4.48. The summed E-state index contributed by atoms with van der Waals surface area (Å²) in [5, 5.41) is 24.6. The summed E-state index contributed by atoms with van der Waals surface area (Å²) in [6, 6.07) is 6.36. The Bertz CT molecular complexity index is 898. The van der Waals surface area contributed by atoms with E-state index in [-0.39, 0.29) is 12.0 Å². The Kier molecular flexibility index (Phi) is 5.38. The average molecular weight is 371 g/mol. The lowest BCUT2D eigenvalue weighted by atomic mass is 9.91. The number of fused-ring (bicyclic) bond motifs is 1. The van der Waals surface area contributed by atoms with Crippen molar-refractivity contribution in [3.8, 4) is 5.75 Å². The molecule has 0 fully saturated rings. The summed E-state index contributed by atoms with van der Waals surface area (Å²) in [5.74, 6) is -0.739. The Morgan fingerprint density at radius 2 is 2.07 bits per heavy atom. The van der Waals surface area contributed by atoms with Gasteiger partial charge in [0.1, 0.15) is 24.0 Å². The number of pyridine rings is 1. The van der Waals surface area contributed by atoms with Gasteiger partial charge in [-0.25, -0.2) is 0 Å². The molecule has 5 N–H and O–H groups in total. The smallest absolute Gasteiger partial charge is 0.247 e. The molecule has 0 bridgehead atoms. The van der Waals surface area contributed by atoms with Crippen molar-refractivity contribution in [2.24, 2.45) is 5.73 Å². The lowest BCUT2D eigenvalue weighted by Gasteiger charge is -2.31. The first-order chi connectivity index (χ1) is 12.8. The van der Waals surface area contributed by atoms with Crippen LogP contribution in [0, 0.1) is 0 Å². The molecule has 27 heavy (non-hydrogen) atoms. The number of nitrogens with zero attached hydrogens (tertiary/aromatic N) is 1. The molecule has 1 aliphatic carbocycles. The van der Waals surface area contributed by atoms with Gasteiger partial charge >= 0.3 is 0 Å². The number of hydrogen-bond donors (Lipinski definition) is 4. The second kappa shape index (κ2) is 7.73.